The fourth-order valence-electron chi connectivity index (χ4n) is 3.14. The van der Waals surface area contributed by atoms with Crippen LogP contribution in [0.3, 0.4) is 0 Å². The van der Waals surface area contributed by atoms with Gasteiger partial charge in [-0.15, -0.1) is 0 Å². The zero-order valence-corrected chi connectivity index (χ0v) is 17.9. The van der Waals surface area contributed by atoms with Gasteiger partial charge in [-0.1, -0.05) is 48.2 Å². The predicted octanol–water partition coefficient (Wildman–Crippen LogP) is 4.66. The van der Waals surface area contributed by atoms with Crippen LogP contribution in [0.15, 0.2) is 60.0 Å². The Hall–Kier alpha value is -2.86. The minimum absolute atomic E-state index is 0.0456. The summed E-state index contributed by atoms with van der Waals surface area (Å²) in [5.41, 5.74) is 5.11. The van der Waals surface area contributed by atoms with Gasteiger partial charge in [-0.25, -0.2) is 4.98 Å². The molecule has 0 fully saturated rings. The molecule has 0 aliphatic heterocycles. The summed E-state index contributed by atoms with van der Waals surface area (Å²) in [7, 11) is 0. The maximum atomic E-state index is 12.6. The minimum Gasteiger partial charge on any atom is -0.350 e. The molecule has 3 aromatic rings. The fraction of sp³-hybridized carbons (Fsp3) is 0.261. The summed E-state index contributed by atoms with van der Waals surface area (Å²) in [6.07, 6.45) is 3.68. The Balaban J connectivity index is 1.68. The van der Waals surface area contributed by atoms with Crippen LogP contribution in [-0.4, -0.2) is 27.0 Å². The maximum absolute atomic E-state index is 12.6. The maximum Gasteiger partial charge on any atom is 0.217 e. The van der Waals surface area contributed by atoms with Gasteiger partial charge in [0.15, 0.2) is 10.9 Å². The molecule has 6 heteroatoms. The van der Waals surface area contributed by atoms with Crippen LogP contribution in [0.4, 0.5) is 0 Å². The van der Waals surface area contributed by atoms with Crippen molar-refractivity contribution in [3.63, 3.8) is 0 Å². The number of ketones is 1. The molecule has 0 saturated heterocycles. The number of amides is 1. The van der Waals surface area contributed by atoms with E-state index in [1.54, 1.807) is 6.20 Å². The van der Waals surface area contributed by atoms with Crippen LogP contribution in [0.25, 0.3) is 5.69 Å². The summed E-state index contributed by atoms with van der Waals surface area (Å²) in [5.74, 6) is 0.278. The van der Waals surface area contributed by atoms with Crippen LogP contribution < -0.4 is 5.32 Å². The lowest BCUT2D eigenvalue weighted by Crippen LogP contribution is -2.23. The van der Waals surface area contributed by atoms with E-state index in [2.05, 4.69) is 36.3 Å². The second kappa shape index (κ2) is 9.09. The fourth-order valence-corrected chi connectivity index (χ4v) is 4.00. The largest absolute Gasteiger partial charge is 0.350 e. The number of aromatic nitrogens is 2. The van der Waals surface area contributed by atoms with Crippen LogP contribution in [0, 0.1) is 13.8 Å². The molecule has 1 N–H and O–H groups in total. The highest BCUT2D eigenvalue weighted by atomic mass is 32.2. The Kier molecular flexibility index (Phi) is 6.54. The molecule has 1 atom stereocenters. The van der Waals surface area contributed by atoms with Crippen molar-refractivity contribution in [1.29, 1.82) is 0 Å². The van der Waals surface area contributed by atoms with Crippen molar-refractivity contribution in [1.82, 2.24) is 14.9 Å². The Bertz CT molecular complexity index is 1020. The highest BCUT2D eigenvalue weighted by molar-refractivity contribution is 7.99. The number of benzene rings is 2. The van der Waals surface area contributed by atoms with Crippen LogP contribution in [-0.2, 0) is 4.79 Å². The van der Waals surface area contributed by atoms with E-state index >= 15 is 0 Å². The predicted molar refractivity (Wildman–Crippen MR) is 117 cm³/mol. The number of aryl methyl sites for hydroxylation is 1. The van der Waals surface area contributed by atoms with Crippen LogP contribution in [0.5, 0.6) is 0 Å². The first-order chi connectivity index (χ1) is 13.9. The third-order valence-electron chi connectivity index (χ3n) is 4.93. The summed E-state index contributed by atoms with van der Waals surface area (Å²) >= 11 is 1.43. The Labute approximate surface area is 175 Å². The molecule has 0 radical (unpaired) electrons. The van der Waals surface area contributed by atoms with E-state index in [1.807, 2.05) is 48.0 Å². The summed E-state index contributed by atoms with van der Waals surface area (Å²) in [6, 6.07) is 13.5. The molecular weight excluding hydrogens is 382 g/mol. The van der Waals surface area contributed by atoms with E-state index in [-0.39, 0.29) is 17.7 Å². The van der Waals surface area contributed by atoms with E-state index in [1.165, 1.54) is 29.8 Å². The topological polar surface area (TPSA) is 64.0 Å². The van der Waals surface area contributed by atoms with Gasteiger partial charge in [0.05, 0.1) is 17.5 Å². The second-order valence-corrected chi connectivity index (χ2v) is 8.00. The quantitative estimate of drug-likeness (QED) is 0.457. The van der Waals surface area contributed by atoms with Gasteiger partial charge in [0.25, 0.3) is 0 Å². The number of thioether (sulfide) groups is 1. The molecule has 1 heterocycles. The molecule has 0 aliphatic carbocycles. The molecule has 150 valence electrons. The summed E-state index contributed by atoms with van der Waals surface area (Å²) < 4.78 is 2.03. The molecule has 3 rings (SSSR count). The first-order valence-corrected chi connectivity index (χ1v) is 10.5. The van der Waals surface area contributed by atoms with Gasteiger partial charge in [-0.3, -0.25) is 14.2 Å². The number of nitrogens with one attached hydrogen (secondary N) is 1. The lowest BCUT2D eigenvalue weighted by Gasteiger charge is -2.13. The van der Waals surface area contributed by atoms with Gasteiger partial charge in [-0.05, 0) is 43.5 Å². The SMILES string of the molecule is CC(=O)NC(C)c1ccc(C(=O)CSc2nccn2-c2cccc(C)c2C)cc1. The number of hydrogen-bond donors (Lipinski definition) is 1. The Morgan fingerprint density at radius 2 is 1.86 bits per heavy atom. The molecule has 2 aromatic carbocycles. The smallest absolute Gasteiger partial charge is 0.217 e. The lowest BCUT2D eigenvalue weighted by molar-refractivity contribution is -0.119. The van der Waals surface area contributed by atoms with Gasteiger partial charge in [0.1, 0.15) is 0 Å². The van der Waals surface area contributed by atoms with Gasteiger partial charge >= 0.3 is 0 Å². The van der Waals surface area contributed by atoms with E-state index in [4.69, 9.17) is 0 Å². The van der Waals surface area contributed by atoms with E-state index < -0.39 is 0 Å². The highest BCUT2D eigenvalue weighted by Crippen LogP contribution is 2.25. The molecule has 0 bridgehead atoms. The number of hydrogen-bond acceptors (Lipinski definition) is 4. The lowest BCUT2D eigenvalue weighted by atomic mass is 10.0. The van der Waals surface area contributed by atoms with Crippen molar-refractivity contribution >= 4 is 23.5 Å². The molecule has 1 unspecified atom stereocenters. The molecule has 1 amide bonds. The monoisotopic (exact) mass is 407 g/mol. The molecule has 0 saturated carbocycles. The van der Waals surface area contributed by atoms with Crippen molar-refractivity contribution in [2.45, 2.75) is 38.9 Å². The molecular formula is C23H25N3O2S. The zero-order chi connectivity index (χ0) is 21.0. The second-order valence-electron chi connectivity index (χ2n) is 7.05. The first-order valence-electron chi connectivity index (χ1n) is 9.50. The van der Waals surface area contributed by atoms with Crippen molar-refractivity contribution < 1.29 is 9.59 Å². The minimum atomic E-state index is -0.0870. The standard InChI is InChI=1S/C23H25N3O2S/c1-15-6-5-7-21(16(15)2)26-13-12-24-23(26)29-14-22(28)20-10-8-19(9-11-20)17(3)25-18(4)27/h5-13,17H,14H2,1-4H3,(H,25,27). The Morgan fingerprint density at radius 1 is 1.14 bits per heavy atom. The molecule has 0 spiro atoms. The van der Waals surface area contributed by atoms with Gasteiger partial charge < -0.3 is 5.32 Å². The molecule has 1 aromatic heterocycles. The highest BCUT2D eigenvalue weighted by Gasteiger charge is 2.13. The van der Waals surface area contributed by atoms with Gasteiger partial charge in [-0.2, -0.15) is 0 Å². The number of rotatable bonds is 7. The van der Waals surface area contributed by atoms with Gasteiger partial charge in [0, 0.05) is 24.9 Å². The van der Waals surface area contributed by atoms with E-state index in [9.17, 15) is 9.59 Å². The first kappa shape index (κ1) is 20.9. The van der Waals surface area contributed by atoms with Crippen molar-refractivity contribution in [2.75, 3.05) is 5.75 Å². The molecule has 29 heavy (non-hydrogen) atoms. The number of imidazole rings is 1. The molecule has 0 aliphatic rings. The third kappa shape index (κ3) is 4.95. The van der Waals surface area contributed by atoms with Gasteiger partial charge in [0.2, 0.25) is 5.91 Å². The normalized spacial score (nSPS) is 11.9. The average molecular weight is 408 g/mol. The van der Waals surface area contributed by atoms with Crippen LogP contribution >= 0.6 is 11.8 Å². The zero-order valence-electron chi connectivity index (χ0n) is 17.1. The van der Waals surface area contributed by atoms with E-state index in [0.29, 0.717) is 11.3 Å². The number of carbonyl (C=O) groups excluding carboxylic acids is 2. The summed E-state index contributed by atoms with van der Waals surface area (Å²) in [6.45, 7) is 7.59. The third-order valence-corrected chi connectivity index (χ3v) is 5.89. The van der Waals surface area contributed by atoms with Crippen molar-refractivity contribution in [3.05, 3.63) is 77.1 Å². The molecule has 5 nitrogen and oxygen atoms in total. The number of Topliss-reactive ketones (excluding diaryl/α,β-unsaturated/α-hetero) is 1. The van der Waals surface area contributed by atoms with Crippen molar-refractivity contribution in [3.8, 4) is 5.69 Å². The van der Waals surface area contributed by atoms with E-state index in [0.717, 1.165) is 16.4 Å². The van der Waals surface area contributed by atoms with Crippen LogP contribution in [0.1, 0.15) is 46.9 Å². The summed E-state index contributed by atoms with van der Waals surface area (Å²) in [4.78, 5) is 28.3. The number of carbonyl (C=O) groups is 2. The average Bonchev–Trinajstić information content (AvgIpc) is 3.16. The van der Waals surface area contributed by atoms with Crippen LogP contribution in [0.2, 0.25) is 0 Å². The van der Waals surface area contributed by atoms with Crippen molar-refractivity contribution in [2.24, 2.45) is 0 Å². The summed E-state index contributed by atoms with van der Waals surface area (Å²) in [5, 5.41) is 3.64. The number of nitrogens with zero attached hydrogens (tertiary/aromatic N) is 2. The Morgan fingerprint density at radius 3 is 2.55 bits per heavy atom.